The first kappa shape index (κ1) is 19.6. The molecule has 2 aliphatic rings. The zero-order valence-corrected chi connectivity index (χ0v) is 17.9. The molecule has 0 radical (unpaired) electrons. The van der Waals surface area contributed by atoms with Crippen LogP contribution >= 0.6 is 11.3 Å². The number of aromatic nitrogens is 1. The minimum absolute atomic E-state index is 0.223. The van der Waals surface area contributed by atoms with Gasteiger partial charge in [0.05, 0.1) is 10.6 Å². The molecule has 0 bridgehead atoms. The lowest BCUT2D eigenvalue weighted by molar-refractivity contribution is 0.0593. The molecule has 0 saturated carbocycles. The number of carbonyl (C=O) groups is 1. The second-order valence-corrected chi connectivity index (χ2v) is 9.40. The Labute approximate surface area is 171 Å². The fourth-order valence-electron chi connectivity index (χ4n) is 4.56. The highest BCUT2D eigenvalue weighted by Gasteiger charge is 2.29. The van der Waals surface area contributed by atoms with Gasteiger partial charge in [0.25, 0.3) is 5.91 Å². The van der Waals surface area contributed by atoms with Crippen molar-refractivity contribution in [3.8, 4) is 0 Å². The van der Waals surface area contributed by atoms with Gasteiger partial charge < -0.3 is 14.3 Å². The summed E-state index contributed by atoms with van der Waals surface area (Å²) in [6.45, 7) is 8.43. The summed E-state index contributed by atoms with van der Waals surface area (Å²) in [7, 11) is 0. The lowest BCUT2D eigenvalue weighted by Gasteiger charge is -2.36. The number of hydrogen-bond acceptors (Lipinski definition) is 5. The van der Waals surface area contributed by atoms with E-state index in [1.807, 2.05) is 19.9 Å². The van der Waals surface area contributed by atoms with Crippen LogP contribution in [0, 0.1) is 13.8 Å². The number of nitrogens with zero attached hydrogens (tertiary/aromatic N) is 3. The third-order valence-electron chi connectivity index (χ3n) is 6.27. The normalized spacial score (nSPS) is 20.8. The molecule has 2 fully saturated rings. The lowest BCUT2D eigenvalue weighted by atomic mass is 9.99. The molecule has 28 heavy (non-hydrogen) atoms. The van der Waals surface area contributed by atoms with E-state index in [4.69, 9.17) is 4.52 Å². The topological polar surface area (TPSA) is 49.6 Å². The maximum absolute atomic E-state index is 13.2. The third-order valence-corrected chi connectivity index (χ3v) is 7.34. The first-order chi connectivity index (χ1) is 13.6. The number of rotatable bonds is 6. The molecule has 4 heterocycles. The van der Waals surface area contributed by atoms with Crippen LogP contribution in [-0.2, 0) is 6.42 Å². The predicted octanol–water partition coefficient (Wildman–Crippen LogP) is 4.42. The van der Waals surface area contributed by atoms with Gasteiger partial charge in [-0.2, -0.15) is 0 Å². The summed E-state index contributed by atoms with van der Waals surface area (Å²) in [6, 6.07) is 4.49. The highest BCUT2D eigenvalue weighted by Crippen LogP contribution is 2.28. The third kappa shape index (κ3) is 4.33. The molecule has 1 atom stereocenters. The van der Waals surface area contributed by atoms with Crippen molar-refractivity contribution >= 4 is 17.2 Å². The second-order valence-electron chi connectivity index (χ2n) is 8.23. The molecule has 5 nitrogen and oxygen atoms in total. The van der Waals surface area contributed by atoms with Gasteiger partial charge in [-0.1, -0.05) is 5.16 Å². The monoisotopic (exact) mass is 401 g/mol. The minimum atomic E-state index is 0.223. The van der Waals surface area contributed by atoms with Crippen molar-refractivity contribution in [2.75, 3.05) is 26.2 Å². The van der Waals surface area contributed by atoms with E-state index >= 15 is 0 Å². The Morgan fingerprint density at radius 1 is 1.18 bits per heavy atom. The molecule has 0 unspecified atom stereocenters. The van der Waals surface area contributed by atoms with Gasteiger partial charge in [-0.15, -0.1) is 11.3 Å². The fraction of sp³-hybridized carbons (Fsp3) is 0.636. The summed E-state index contributed by atoms with van der Waals surface area (Å²) in [4.78, 5) is 20.0. The maximum Gasteiger partial charge on any atom is 0.264 e. The van der Waals surface area contributed by atoms with Crippen molar-refractivity contribution in [2.45, 2.75) is 64.8 Å². The van der Waals surface area contributed by atoms with Crippen LogP contribution < -0.4 is 0 Å². The summed E-state index contributed by atoms with van der Waals surface area (Å²) in [5.74, 6) is 1.10. The zero-order valence-electron chi connectivity index (χ0n) is 17.1. The summed E-state index contributed by atoms with van der Waals surface area (Å²) < 4.78 is 5.28. The highest BCUT2D eigenvalue weighted by molar-refractivity contribution is 7.14. The number of piperidine rings is 1. The van der Waals surface area contributed by atoms with Gasteiger partial charge in [0, 0.05) is 36.0 Å². The quantitative estimate of drug-likeness (QED) is 0.719. The zero-order chi connectivity index (χ0) is 19.5. The van der Waals surface area contributed by atoms with E-state index in [-0.39, 0.29) is 5.91 Å². The second kappa shape index (κ2) is 8.78. The Balaban J connectivity index is 1.41. The number of thiophene rings is 1. The Morgan fingerprint density at radius 3 is 2.71 bits per heavy atom. The van der Waals surface area contributed by atoms with Gasteiger partial charge in [0.2, 0.25) is 0 Å². The molecule has 2 aromatic heterocycles. The van der Waals surface area contributed by atoms with Gasteiger partial charge in [0.1, 0.15) is 5.76 Å². The van der Waals surface area contributed by atoms with E-state index in [0.29, 0.717) is 6.04 Å². The molecule has 0 spiro atoms. The van der Waals surface area contributed by atoms with Crippen LogP contribution in [0.1, 0.15) is 70.1 Å². The van der Waals surface area contributed by atoms with Crippen molar-refractivity contribution in [1.29, 1.82) is 0 Å². The van der Waals surface area contributed by atoms with Gasteiger partial charge in [-0.3, -0.25) is 4.79 Å². The number of amides is 1. The number of aryl methyl sites for hydroxylation is 2. The average Bonchev–Trinajstić information content (AvgIpc) is 3.45. The van der Waals surface area contributed by atoms with Crippen LogP contribution in [0.2, 0.25) is 0 Å². The van der Waals surface area contributed by atoms with E-state index < -0.39 is 0 Å². The van der Waals surface area contributed by atoms with Crippen LogP contribution in [0.3, 0.4) is 0 Å². The minimum Gasteiger partial charge on any atom is -0.361 e. The Kier molecular flexibility index (Phi) is 6.16. The van der Waals surface area contributed by atoms with Crippen molar-refractivity contribution in [3.63, 3.8) is 0 Å². The SMILES string of the molecule is Cc1noc(C)c1Cc1ccc(C(=O)N2CCCC[C@H]2CCN2CCCC2)s1. The van der Waals surface area contributed by atoms with Crippen LogP contribution in [-0.4, -0.2) is 53.1 Å². The number of hydrogen-bond donors (Lipinski definition) is 0. The molecule has 0 N–H and O–H groups in total. The number of likely N-dealkylation sites (tertiary alicyclic amines) is 2. The summed E-state index contributed by atoms with van der Waals surface area (Å²) in [6.07, 6.45) is 8.09. The van der Waals surface area contributed by atoms with Crippen molar-refractivity contribution in [3.05, 3.63) is 38.9 Å². The smallest absolute Gasteiger partial charge is 0.264 e. The van der Waals surface area contributed by atoms with E-state index in [1.165, 1.54) is 37.2 Å². The summed E-state index contributed by atoms with van der Waals surface area (Å²) in [5, 5.41) is 4.04. The van der Waals surface area contributed by atoms with Crippen molar-refractivity contribution in [1.82, 2.24) is 15.0 Å². The van der Waals surface area contributed by atoms with Gasteiger partial charge in [-0.05, 0) is 77.6 Å². The molecule has 4 rings (SSSR count). The highest BCUT2D eigenvalue weighted by atomic mass is 32.1. The molecular weight excluding hydrogens is 370 g/mol. The summed E-state index contributed by atoms with van der Waals surface area (Å²) in [5.41, 5.74) is 2.08. The van der Waals surface area contributed by atoms with Crippen molar-refractivity contribution in [2.24, 2.45) is 0 Å². The lowest BCUT2D eigenvalue weighted by Crippen LogP contribution is -2.44. The van der Waals surface area contributed by atoms with Crippen LogP contribution in [0.4, 0.5) is 0 Å². The van der Waals surface area contributed by atoms with Crippen LogP contribution in [0.15, 0.2) is 16.7 Å². The largest absolute Gasteiger partial charge is 0.361 e. The molecular formula is C22H31N3O2S. The molecule has 2 saturated heterocycles. The molecule has 6 heteroatoms. The van der Waals surface area contributed by atoms with Crippen LogP contribution in [0.25, 0.3) is 0 Å². The predicted molar refractivity (Wildman–Crippen MR) is 112 cm³/mol. The summed E-state index contributed by atoms with van der Waals surface area (Å²) >= 11 is 1.62. The molecule has 2 aromatic rings. The maximum atomic E-state index is 13.2. The van der Waals surface area contributed by atoms with E-state index in [2.05, 4.69) is 21.0 Å². The first-order valence-corrected chi connectivity index (χ1v) is 11.5. The van der Waals surface area contributed by atoms with Crippen molar-refractivity contribution < 1.29 is 9.32 Å². The Bertz CT molecular complexity index is 787. The molecule has 0 aliphatic carbocycles. The molecule has 2 aliphatic heterocycles. The molecule has 0 aromatic carbocycles. The Hall–Kier alpha value is -1.66. The van der Waals surface area contributed by atoms with E-state index in [1.54, 1.807) is 11.3 Å². The average molecular weight is 402 g/mol. The molecule has 1 amide bonds. The Morgan fingerprint density at radius 2 is 1.96 bits per heavy atom. The number of carbonyl (C=O) groups excluding carboxylic acids is 1. The van der Waals surface area contributed by atoms with Gasteiger partial charge in [-0.25, -0.2) is 0 Å². The van der Waals surface area contributed by atoms with Crippen LogP contribution in [0.5, 0.6) is 0 Å². The fourth-order valence-corrected chi connectivity index (χ4v) is 5.54. The molecule has 152 valence electrons. The standard InChI is InChI=1S/C22H31N3O2S/c1-16-20(17(2)27-23-16)15-19-8-9-21(28-19)22(26)25-13-4-3-7-18(25)10-14-24-11-5-6-12-24/h8-9,18H,3-7,10-15H2,1-2H3/t18-/m0/s1. The van der Waals surface area contributed by atoms with E-state index in [9.17, 15) is 4.79 Å². The van der Waals surface area contributed by atoms with Gasteiger partial charge in [0.15, 0.2) is 0 Å². The first-order valence-electron chi connectivity index (χ1n) is 10.7. The van der Waals surface area contributed by atoms with Gasteiger partial charge >= 0.3 is 0 Å². The van der Waals surface area contributed by atoms with E-state index in [0.717, 1.165) is 60.7 Å².